The fourth-order valence-electron chi connectivity index (χ4n) is 2.10. The molecule has 2 nitrogen and oxygen atoms in total. The number of likely N-dealkylation sites (N-methyl/N-ethyl adjacent to an activating group) is 1. The molecule has 1 aromatic heterocycles. The molecular weight excluding hydrogens is 255 g/mol. The second-order valence-electron chi connectivity index (χ2n) is 4.64. The molecule has 0 fully saturated rings. The van der Waals surface area contributed by atoms with Crippen molar-refractivity contribution in [2.45, 2.75) is 31.5 Å². The number of benzene rings is 1. The topological polar surface area (TPSA) is 25.2 Å². The fraction of sp³-hybridized carbons (Fsp3) is 0.429. The van der Waals surface area contributed by atoms with Crippen LogP contribution in [0.4, 0.5) is 13.2 Å². The normalized spacial score (nSPS) is 13.9. The van der Waals surface area contributed by atoms with E-state index in [1.807, 2.05) is 24.3 Å². The highest BCUT2D eigenvalue weighted by molar-refractivity contribution is 5.77. The zero-order valence-electron chi connectivity index (χ0n) is 10.6. The molecule has 0 spiro atoms. The molecular formula is C14H16F3NO. The second-order valence-corrected chi connectivity index (χ2v) is 4.64. The molecule has 104 valence electrons. The first kappa shape index (κ1) is 13.9. The molecule has 0 aliphatic heterocycles. The molecule has 0 amide bonds. The van der Waals surface area contributed by atoms with Crippen molar-refractivity contribution in [2.24, 2.45) is 0 Å². The molecule has 5 heteroatoms. The summed E-state index contributed by atoms with van der Waals surface area (Å²) in [5, 5.41) is 3.93. The highest BCUT2D eigenvalue weighted by atomic mass is 19.4. The fourth-order valence-corrected chi connectivity index (χ4v) is 2.10. The first-order valence-corrected chi connectivity index (χ1v) is 6.18. The van der Waals surface area contributed by atoms with Crippen LogP contribution in [0.3, 0.4) is 0 Å². The molecule has 0 saturated heterocycles. The van der Waals surface area contributed by atoms with Crippen LogP contribution in [-0.4, -0.2) is 19.3 Å². The van der Waals surface area contributed by atoms with Crippen molar-refractivity contribution >= 4 is 11.0 Å². The predicted molar refractivity (Wildman–Crippen MR) is 68.1 cm³/mol. The maximum atomic E-state index is 12.2. The lowest BCUT2D eigenvalue weighted by Gasteiger charge is -2.17. The summed E-state index contributed by atoms with van der Waals surface area (Å²) in [6.07, 6.45) is -2.62. The van der Waals surface area contributed by atoms with Gasteiger partial charge in [0.2, 0.25) is 0 Å². The molecule has 1 heterocycles. The van der Waals surface area contributed by atoms with Gasteiger partial charge in [0.05, 0.1) is 6.26 Å². The summed E-state index contributed by atoms with van der Waals surface area (Å²) in [5.74, 6) is 0. The predicted octanol–water partition coefficient (Wildman–Crippen LogP) is 3.91. The Morgan fingerprint density at radius 2 is 2.05 bits per heavy atom. The number of rotatable bonds is 5. The van der Waals surface area contributed by atoms with Gasteiger partial charge in [0.15, 0.2) is 0 Å². The van der Waals surface area contributed by atoms with Crippen LogP contribution < -0.4 is 5.32 Å². The van der Waals surface area contributed by atoms with E-state index in [0.717, 1.165) is 16.5 Å². The second kappa shape index (κ2) is 5.65. The zero-order chi connectivity index (χ0) is 13.9. The Morgan fingerprint density at radius 1 is 1.26 bits per heavy atom. The lowest BCUT2D eigenvalue weighted by molar-refractivity contribution is -0.136. The first-order chi connectivity index (χ1) is 8.98. The number of hydrogen-bond donors (Lipinski definition) is 1. The standard InChI is InChI=1S/C14H16F3NO/c1-18-12(4-6-14(15,16)17)8-10-2-3-11-5-7-19-13(11)9-10/h2-3,5,7,9,12,18H,4,6,8H2,1H3. The average Bonchev–Trinajstić information content (AvgIpc) is 2.80. The van der Waals surface area contributed by atoms with E-state index in [0.29, 0.717) is 6.42 Å². The number of nitrogens with one attached hydrogen (secondary N) is 1. The first-order valence-electron chi connectivity index (χ1n) is 6.18. The third-order valence-corrected chi connectivity index (χ3v) is 3.19. The van der Waals surface area contributed by atoms with E-state index in [-0.39, 0.29) is 12.5 Å². The minimum Gasteiger partial charge on any atom is -0.464 e. The van der Waals surface area contributed by atoms with Gasteiger partial charge in [-0.1, -0.05) is 12.1 Å². The lowest BCUT2D eigenvalue weighted by Crippen LogP contribution is -2.29. The highest BCUT2D eigenvalue weighted by Crippen LogP contribution is 2.24. The van der Waals surface area contributed by atoms with E-state index >= 15 is 0 Å². The van der Waals surface area contributed by atoms with Crippen molar-refractivity contribution in [3.8, 4) is 0 Å². The molecule has 1 unspecified atom stereocenters. The summed E-state index contributed by atoms with van der Waals surface area (Å²) in [6, 6.07) is 7.40. The van der Waals surface area contributed by atoms with Crippen LogP contribution >= 0.6 is 0 Å². The third-order valence-electron chi connectivity index (χ3n) is 3.19. The van der Waals surface area contributed by atoms with Gasteiger partial charge in [-0.2, -0.15) is 13.2 Å². The van der Waals surface area contributed by atoms with Gasteiger partial charge >= 0.3 is 6.18 Å². The number of hydrogen-bond acceptors (Lipinski definition) is 2. The van der Waals surface area contributed by atoms with Gasteiger partial charge in [0, 0.05) is 17.8 Å². The molecule has 0 bridgehead atoms. The summed E-state index contributed by atoms with van der Waals surface area (Å²) >= 11 is 0. The molecule has 0 saturated carbocycles. The van der Waals surface area contributed by atoms with Crippen molar-refractivity contribution in [1.29, 1.82) is 0 Å². The molecule has 19 heavy (non-hydrogen) atoms. The highest BCUT2D eigenvalue weighted by Gasteiger charge is 2.28. The van der Waals surface area contributed by atoms with E-state index in [1.54, 1.807) is 13.3 Å². The van der Waals surface area contributed by atoms with E-state index < -0.39 is 12.6 Å². The molecule has 1 N–H and O–H groups in total. The minimum absolute atomic E-state index is 0.0796. The molecule has 2 aromatic rings. The Balaban J connectivity index is 2.00. The number of alkyl halides is 3. The zero-order valence-corrected chi connectivity index (χ0v) is 10.6. The minimum atomic E-state index is -4.10. The van der Waals surface area contributed by atoms with E-state index in [2.05, 4.69) is 5.32 Å². The molecule has 1 aromatic carbocycles. The Bertz CT molecular complexity index is 533. The van der Waals surface area contributed by atoms with Crippen molar-refractivity contribution < 1.29 is 17.6 Å². The SMILES string of the molecule is CNC(CCC(F)(F)F)Cc1ccc2ccoc2c1. The van der Waals surface area contributed by atoms with Crippen molar-refractivity contribution in [3.05, 3.63) is 36.1 Å². The van der Waals surface area contributed by atoms with Crippen molar-refractivity contribution in [2.75, 3.05) is 7.05 Å². The van der Waals surface area contributed by atoms with E-state index in [1.165, 1.54) is 0 Å². The molecule has 1 atom stereocenters. The van der Waals surface area contributed by atoms with Crippen LogP contribution in [0.1, 0.15) is 18.4 Å². The Morgan fingerprint density at radius 3 is 2.74 bits per heavy atom. The molecule has 0 radical (unpaired) electrons. The van der Waals surface area contributed by atoms with Gasteiger partial charge in [-0.3, -0.25) is 0 Å². The Kier molecular flexibility index (Phi) is 4.14. The van der Waals surface area contributed by atoms with Gasteiger partial charge in [-0.05, 0) is 37.6 Å². The Hall–Kier alpha value is -1.49. The monoisotopic (exact) mass is 271 g/mol. The third kappa shape index (κ3) is 3.99. The van der Waals surface area contributed by atoms with Gasteiger partial charge in [0.25, 0.3) is 0 Å². The largest absolute Gasteiger partial charge is 0.464 e. The smallest absolute Gasteiger partial charge is 0.389 e. The summed E-state index contributed by atoms with van der Waals surface area (Å²) in [5.41, 5.74) is 1.74. The van der Waals surface area contributed by atoms with Gasteiger partial charge < -0.3 is 9.73 Å². The van der Waals surface area contributed by atoms with Crippen LogP contribution in [-0.2, 0) is 6.42 Å². The summed E-state index contributed by atoms with van der Waals surface area (Å²) in [7, 11) is 1.69. The summed E-state index contributed by atoms with van der Waals surface area (Å²) in [6.45, 7) is 0. The maximum Gasteiger partial charge on any atom is 0.389 e. The van der Waals surface area contributed by atoms with Gasteiger partial charge in [0.1, 0.15) is 5.58 Å². The lowest BCUT2D eigenvalue weighted by atomic mass is 10.0. The molecule has 0 aliphatic carbocycles. The summed E-state index contributed by atoms with van der Waals surface area (Å²) in [4.78, 5) is 0. The van der Waals surface area contributed by atoms with E-state index in [9.17, 15) is 13.2 Å². The van der Waals surface area contributed by atoms with Gasteiger partial charge in [-0.15, -0.1) is 0 Å². The average molecular weight is 271 g/mol. The Labute approximate surface area is 109 Å². The van der Waals surface area contributed by atoms with Gasteiger partial charge in [-0.25, -0.2) is 0 Å². The van der Waals surface area contributed by atoms with E-state index in [4.69, 9.17) is 4.42 Å². The van der Waals surface area contributed by atoms with Crippen molar-refractivity contribution in [1.82, 2.24) is 5.32 Å². The molecule has 0 aliphatic rings. The quantitative estimate of drug-likeness (QED) is 0.892. The summed E-state index contributed by atoms with van der Waals surface area (Å²) < 4.78 is 41.9. The van der Waals surface area contributed by atoms with Crippen LogP contribution in [0.25, 0.3) is 11.0 Å². The number of furan rings is 1. The van der Waals surface area contributed by atoms with Crippen LogP contribution in [0.15, 0.2) is 34.9 Å². The maximum absolute atomic E-state index is 12.2. The van der Waals surface area contributed by atoms with Crippen LogP contribution in [0, 0.1) is 0 Å². The van der Waals surface area contributed by atoms with Crippen molar-refractivity contribution in [3.63, 3.8) is 0 Å². The number of halogens is 3. The van der Waals surface area contributed by atoms with Crippen LogP contribution in [0.5, 0.6) is 0 Å². The molecule has 2 rings (SSSR count). The number of fused-ring (bicyclic) bond motifs is 1. The van der Waals surface area contributed by atoms with Crippen LogP contribution in [0.2, 0.25) is 0 Å².